The first-order valence-electron chi connectivity index (χ1n) is 7.68. The maximum Gasteiger partial charge on any atom is 0.261 e. The smallest absolute Gasteiger partial charge is 0.261 e. The molecule has 8 heteroatoms. The van der Waals surface area contributed by atoms with Crippen LogP contribution in [0.25, 0.3) is 0 Å². The van der Waals surface area contributed by atoms with Crippen LogP contribution >= 0.6 is 15.9 Å². The van der Waals surface area contributed by atoms with Gasteiger partial charge in [-0.25, -0.2) is 4.39 Å². The summed E-state index contributed by atoms with van der Waals surface area (Å²) in [7, 11) is 0. The third-order valence-corrected chi connectivity index (χ3v) is 4.89. The molecule has 1 atom stereocenters. The Bertz CT molecular complexity index is 926. The molecule has 0 spiro atoms. The minimum absolute atomic E-state index is 0.146. The average Bonchev–Trinajstić information content (AvgIpc) is 2.56. The van der Waals surface area contributed by atoms with E-state index in [1.807, 2.05) is 0 Å². The zero-order valence-electron chi connectivity index (χ0n) is 13.1. The maximum absolute atomic E-state index is 13.4. The maximum atomic E-state index is 13.4. The Balaban J connectivity index is 1.94. The number of pyridine rings is 1. The van der Waals surface area contributed by atoms with Gasteiger partial charge in [-0.15, -0.1) is 0 Å². The second-order valence-corrected chi connectivity index (χ2v) is 6.71. The molecule has 0 saturated heterocycles. The second kappa shape index (κ2) is 6.79. The molecule has 25 heavy (non-hydrogen) atoms. The predicted octanol–water partition coefficient (Wildman–Crippen LogP) is 2.18. The lowest BCUT2D eigenvalue weighted by molar-refractivity contribution is 0.0931. The number of rotatable bonds is 3. The van der Waals surface area contributed by atoms with E-state index in [-0.39, 0.29) is 11.1 Å². The summed E-state index contributed by atoms with van der Waals surface area (Å²) in [4.78, 5) is 38.5. The third kappa shape index (κ3) is 3.48. The van der Waals surface area contributed by atoms with Crippen molar-refractivity contribution in [3.8, 4) is 0 Å². The normalized spacial score (nSPS) is 16.2. The molecule has 1 aromatic heterocycles. The molecule has 1 unspecified atom stereocenters. The van der Waals surface area contributed by atoms with Crippen LogP contribution < -0.4 is 16.6 Å². The minimum atomic E-state index is -0.826. The van der Waals surface area contributed by atoms with Gasteiger partial charge in [0.1, 0.15) is 11.4 Å². The van der Waals surface area contributed by atoms with Gasteiger partial charge in [-0.3, -0.25) is 14.4 Å². The third-order valence-electron chi connectivity index (χ3n) is 4.20. The van der Waals surface area contributed by atoms with E-state index in [9.17, 15) is 18.8 Å². The first kappa shape index (κ1) is 17.3. The molecule has 4 N–H and O–H groups in total. The molecule has 2 aromatic rings. The fourth-order valence-corrected chi connectivity index (χ4v) is 3.41. The molecule has 1 aliphatic carbocycles. The average molecular weight is 408 g/mol. The van der Waals surface area contributed by atoms with E-state index in [1.54, 1.807) is 0 Å². The number of aromatic amines is 1. The first-order valence-corrected chi connectivity index (χ1v) is 8.48. The molecule has 130 valence electrons. The van der Waals surface area contributed by atoms with Crippen molar-refractivity contribution in [1.82, 2.24) is 10.3 Å². The van der Waals surface area contributed by atoms with Gasteiger partial charge in [0.15, 0.2) is 0 Å². The lowest BCUT2D eigenvalue weighted by Gasteiger charge is -2.26. The number of benzene rings is 1. The summed E-state index contributed by atoms with van der Waals surface area (Å²) in [5.41, 5.74) is 6.04. The van der Waals surface area contributed by atoms with Crippen molar-refractivity contribution >= 4 is 27.7 Å². The molecule has 3 rings (SSSR count). The monoisotopic (exact) mass is 407 g/mol. The Morgan fingerprint density at radius 2 is 2.04 bits per heavy atom. The van der Waals surface area contributed by atoms with Crippen molar-refractivity contribution in [2.24, 2.45) is 5.73 Å². The Morgan fingerprint density at radius 1 is 1.28 bits per heavy atom. The molecule has 0 bridgehead atoms. The zero-order valence-corrected chi connectivity index (χ0v) is 14.7. The van der Waals surface area contributed by atoms with Crippen molar-refractivity contribution in [2.45, 2.75) is 25.3 Å². The number of fused-ring (bicyclic) bond motifs is 1. The van der Waals surface area contributed by atoms with Gasteiger partial charge in [0, 0.05) is 10.2 Å². The number of hydrogen-bond donors (Lipinski definition) is 3. The van der Waals surface area contributed by atoms with E-state index < -0.39 is 29.2 Å². The fourth-order valence-electron chi connectivity index (χ4n) is 2.98. The second-order valence-electron chi connectivity index (χ2n) is 5.85. The zero-order chi connectivity index (χ0) is 18.1. The van der Waals surface area contributed by atoms with Crippen LogP contribution in [-0.4, -0.2) is 16.8 Å². The molecular formula is C17H15BrFN3O3. The Morgan fingerprint density at radius 3 is 2.76 bits per heavy atom. The van der Waals surface area contributed by atoms with Gasteiger partial charge < -0.3 is 16.0 Å². The number of aryl methyl sites for hydroxylation is 1. The van der Waals surface area contributed by atoms with Gasteiger partial charge in [-0.2, -0.15) is 0 Å². The number of halogens is 2. The lowest BCUT2D eigenvalue weighted by atomic mass is 9.90. The largest absolute Gasteiger partial charge is 0.365 e. The lowest BCUT2D eigenvalue weighted by Crippen LogP contribution is -2.34. The highest BCUT2D eigenvalue weighted by atomic mass is 79.9. The summed E-state index contributed by atoms with van der Waals surface area (Å²) in [5, 5.41) is 2.84. The molecular weight excluding hydrogens is 393 g/mol. The Labute approximate surface area is 150 Å². The van der Waals surface area contributed by atoms with Crippen LogP contribution in [0, 0.1) is 5.82 Å². The molecule has 6 nitrogen and oxygen atoms in total. The van der Waals surface area contributed by atoms with E-state index in [2.05, 4.69) is 26.2 Å². The van der Waals surface area contributed by atoms with Crippen LogP contribution in [0.5, 0.6) is 0 Å². The summed E-state index contributed by atoms with van der Waals surface area (Å²) >= 11 is 3.23. The van der Waals surface area contributed by atoms with Crippen LogP contribution in [0.2, 0.25) is 0 Å². The number of primary amides is 1. The molecule has 0 saturated carbocycles. The SMILES string of the molecule is NC(=O)c1cc2c([nH]c1=O)CCCC2NC(=O)c1cc(F)ccc1Br. The highest BCUT2D eigenvalue weighted by Crippen LogP contribution is 2.29. The molecule has 1 aliphatic rings. The summed E-state index contributed by atoms with van der Waals surface area (Å²) in [6.07, 6.45) is 2.03. The van der Waals surface area contributed by atoms with Gasteiger partial charge in [-0.1, -0.05) is 0 Å². The molecule has 1 aromatic carbocycles. The predicted molar refractivity (Wildman–Crippen MR) is 92.8 cm³/mol. The summed E-state index contributed by atoms with van der Waals surface area (Å²) < 4.78 is 13.9. The van der Waals surface area contributed by atoms with E-state index in [1.165, 1.54) is 18.2 Å². The number of H-pyrrole nitrogens is 1. The quantitative estimate of drug-likeness (QED) is 0.725. The van der Waals surface area contributed by atoms with Gasteiger partial charge in [-0.05, 0) is 65.0 Å². The number of nitrogens with two attached hydrogens (primary N) is 1. The minimum Gasteiger partial charge on any atom is -0.365 e. The van der Waals surface area contributed by atoms with Crippen molar-refractivity contribution in [2.75, 3.05) is 0 Å². The molecule has 2 amide bonds. The van der Waals surface area contributed by atoms with Crippen molar-refractivity contribution < 1.29 is 14.0 Å². The van der Waals surface area contributed by atoms with Crippen LogP contribution in [0.1, 0.15) is 50.9 Å². The Kier molecular flexibility index (Phi) is 4.71. The van der Waals surface area contributed by atoms with Crippen LogP contribution in [0.4, 0.5) is 4.39 Å². The number of carbonyl (C=O) groups excluding carboxylic acids is 2. The topological polar surface area (TPSA) is 105 Å². The van der Waals surface area contributed by atoms with Crippen molar-refractivity contribution in [1.29, 1.82) is 0 Å². The number of aromatic nitrogens is 1. The highest BCUT2D eigenvalue weighted by molar-refractivity contribution is 9.10. The van der Waals surface area contributed by atoms with Crippen LogP contribution in [0.15, 0.2) is 33.5 Å². The van der Waals surface area contributed by atoms with Gasteiger partial charge in [0.05, 0.1) is 11.6 Å². The number of nitrogens with one attached hydrogen (secondary N) is 2. The highest BCUT2D eigenvalue weighted by Gasteiger charge is 2.25. The van der Waals surface area contributed by atoms with Crippen molar-refractivity contribution in [3.05, 3.63) is 67.3 Å². The van der Waals surface area contributed by atoms with E-state index >= 15 is 0 Å². The summed E-state index contributed by atoms with van der Waals surface area (Å²) in [6.45, 7) is 0. The number of hydrogen-bond acceptors (Lipinski definition) is 3. The molecule has 1 heterocycles. The van der Waals surface area contributed by atoms with Crippen LogP contribution in [0.3, 0.4) is 0 Å². The first-order chi connectivity index (χ1) is 11.9. The molecule has 0 radical (unpaired) electrons. The van der Waals surface area contributed by atoms with Crippen molar-refractivity contribution in [3.63, 3.8) is 0 Å². The number of carbonyl (C=O) groups is 2. The van der Waals surface area contributed by atoms with Gasteiger partial charge in [0.25, 0.3) is 17.4 Å². The summed E-state index contributed by atoms with van der Waals surface area (Å²) in [5.74, 6) is -1.79. The summed E-state index contributed by atoms with van der Waals surface area (Å²) in [6, 6.07) is 4.88. The Hall–Kier alpha value is -2.48. The molecule has 0 fully saturated rings. The van der Waals surface area contributed by atoms with E-state index in [0.717, 1.165) is 12.5 Å². The van der Waals surface area contributed by atoms with Gasteiger partial charge in [0.2, 0.25) is 0 Å². The van der Waals surface area contributed by atoms with E-state index in [0.29, 0.717) is 28.6 Å². The number of amides is 2. The molecule has 0 aliphatic heterocycles. The van der Waals surface area contributed by atoms with Crippen LogP contribution in [-0.2, 0) is 6.42 Å². The standard InChI is InChI=1S/C17H15BrFN3O3/c18-12-5-4-8(19)6-9(12)16(24)21-13-2-1-3-14-10(13)7-11(15(20)23)17(25)22-14/h4-7,13H,1-3H2,(H2,20,23)(H,21,24)(H,22,25). The fraction of sp³-hybridized carbons (Fsp3) is 0.235. The van der Waals surface area contributed by atoms with Gasteiger partial charge >= 0.3 is 0 Å². The van der Waals surface area contributed by atoms with E-state index in [4.69, 9.17) is 5.73 Å².